The van der Waals surface area contributed by atoms with Crippen LogP contribution in [0.25, 0.3) is 0 Å². The molecule has 0 aliphatic carbocycles. The first kappa shape index (κ1) is 12.4. The van der Waals surface area contributed by atoms with Gasteiger partial charge < -0.3 is 4.90 Å². The number of rotatable bonds is 4. The molecule has 2 nitrogen and oxygen atoms in total. The molecular formula is C12H16BrNO. The van der Waals surface area contributed by atoms with E-state index in [1.807, 2.05) is 50.2 Å². The molecule has 3 heteroatoms. The second-order valence-electron chi connectivity index (χ2n) is 4.04. The van der Waals surface area contributed by atoms with Crippen molar-refractivity contribution in [3.63, 3.8) is 0 Å². The summed E-state index contributed by atoms with van der Waals surface area (Å²) < 4.78 is 0.949. The monoisotopic (exact) mass is 269 g/mol. The summed E-state index contributed by atoms with van der Waals surface area (Å²) in [4.78, 5) is 14.0. The molecule has 0 radical (unpaired) electrons. The van der Waals surface area contributed by atoms with Gasteiger partial charge in [0.15, 0.2) is 5.78 Å². The van der Waals surface area contributed by atoms with E-state index in [-0.39, 0.29) is 11.7 Å². The van der Waals surface area contributed by atoms with Gasteiger partial charge in [-0.2, -0.15) is 0 Å². The quantitative estimate of drug-likeness (QED) is 0.784. The van der Waals surface area contributed by atoms with E-state index in [2.05, 4.69) is 15.9 Å². The first-order chi connectivity index (χ1) is 7.00. The van der Waals surface area contributed by atoms with Gasteiger partial charge in [0, 0.05) is 22.5 Å². The lowest BCUT2D eigenvalue weighted by Crippen LogP contribution is -2.25. The molecule has 0 aliphatic rings. The Balaban J connectivity index is 2.76. The highest BCUT2D eigenvalue weighted by Gasteiger charge is 2.15. The van der Waals surface area contributed by atoms with Crippen molar-refractivity contribution in [3.8, 4) is 0 Å². The molecule has 0 fully saturated rings. The van der Waals surface area contributed by atoms with Crippen LogP contribution in [0.5, 0.6) is 0 Å². The van der Waals surface area contributed by atoms with E-state index < -0.39 is 0 Å². The van der Waals surface area contributed by atoms with Crippen molar-refractivity contribution in [3.05, 3.63) is 34.3 Å². The molecule has 0 heterocycles. The summed E-state index contributed by atoms with van der Waals surface area (Å²) in [5, 5.41) is 0. The van der Waals surface area contributed by atoms with Crippen molar-refractivity contribution in [2.75, 3.05) is 20.6 Å². The Kier molecular flexibility index (Phi) is 4.48. The molecule has 0 bridgehead atoms. The summed E-state index contributed by atoms with van der Waals surface area (Å²) in [5.41, 5.74) is 0.777. The number of nitrogens with zero attached hydrogens (tertiary/aromatic N) is 1. The number of ketones is 1. The second-order valence-corrected chi connectivity index (χ2v) is 4.95. The van der Waals surface area contributed by atoms with Crippen molar-refractivity contribution >= 4 is 21.7 Å². The summed E-state index contributed by atoms with van der Waals surface area (Å²) in [6.07, 6.45) is 0. The standard InChI is InChI=1S/C12H16BrNO/c1-9(8-14(2)3)12(15)10-5-4-6-11(13)7-10/h4-7,9H,8H2,1-3H3. The molecule has 1 unspecified atom stereocenters. The van der Waals surface area contributed by atoms with Gasteiger partial charge in [0.25, 0.3) is 0 Å². The number of carbonyl (C=O) groups is 1. The highest BCUT2D eigenvalue weighted by atomic mass is 79.9. The molecule has 0 aliphatic heterocycles. The SMILES string of the molecule is CC(CN(C)C)C(=O)c1cccc(Br)c1. The van der Waals surface area contributed by atoms with E-state index >= 15 is 0 Å². The lowest BCUT2D eigenvalue weighted by atomic mass is 9.99. The van der Waals surface area contributed by atoms with Gasteiger partial charge in [-0.3, -0.25) is 4.79 Å². The molecular weight excluding hydrogens is 254 g/mol. The van der Waals surface area contributed by atoms with Crippen LogP contribution < -0.4 is 0 Å². The van der Waals surface area contributed by atoms with Gasteiger partial charge in [-0.25, -0.2) is 0 Å². The number of hydrogen-bond acceptors (Lipinski definition) is 2. The maximum absolute atomic E-state index is 12.0. The number of halogens is 1. The normalized spacial score (nSPS) is 12.9. The Labute approximate surface area is 99.4 Å². The molecule has 1 aromatic rings. The third-order valence-corrected chi connectivity index (χ3v) is 2.69. The van der Waals surface area contributed by atoms with Crippen molar-refractivity contribution in [2.24, 2.45) is 5.92 Å². The Bertz CT molecular complexity index is 349. The van der Waals surface area contributed by atoms with Gasteiger partial charge in [0.05, 0.1) is 0 Å². The fourth-order valence-electron chi connectivity index (χ4n) is 1.56. The first-order valence-electron chi connectivity index (χ1n) is 4.95. The summed E-state index contributed by atoms with van der Waals surface area (Å²) in [6, 6.07) is 7.54. The van der Waals surface area contributed by atoms with E-state index in [1.54, 1.807) is 0 Å². The third-order valence-electron chi connectivity index (χ3n) is 2.20. The summed E-state index contributed by atoms with van der Waals surface area (Å²) >= 11 is 3.37. The fraction of sp³-hybridized carbons (Fsp3) is 0.417. The van der Waals surface area contributed by atoms with Crippen molar-refractivity contribution in [1.29, 1.82) is 0 Å². The highest BCUT2D eigenvalue weighted by molar-refractivity contribution is 9.10. The van der Waals surface area contributed by atoms with E-state index in [0.29, 0.717) is 0 Å². The van der Waals surface area contributed by atoms with Crippen LogP contribution in [0.15, 0.2) is 28.7 Å². The van der Waals surface area contributed by atoms with Crippen LogP contribution in [0.2, 0.25) is 0 Å². The zero-order valence-corrected chi connectivity index (χ0v) is 10.9. The topological polar surface area (TPSA) is 20.3 Å². The smallest absolute Gasteiger partial charge is 0.166 e. The maximum Gasteiger partial charge on any atom is 0.166 e. The minimum atomic E-state index is 0.0364. The Hall–Kier alpha value is -0.670. The summed E-state index contributed by atoms with van der Waals surface area (Å²) in [7, 11) is 3.95. The Morgan fingerprint density at radius 1 is 1.47 bits per heavy atom. The van der Waals surface area contributed by atoms with E-state index in [1.165, 1.54) is 0 Å². The predicted molar refractivity (Wildman–Crippen MR) is 66.2 cm³/mol. The lowest BCUT2D eigenvalue weighted by molar-refractivity contribution is 0.0910. The molecule has 1 atom stereocenters. The van der Waals surface area contributed by atoms with Gasteiger partial charge in [0.1, 0.15) is 0 Å². The zero-order valence-electron chi connectivity index (χ0n) is 9.33. The maximum atomic E-state index is 12.0. The molecule has 0 saturated carbocycles. The first-order valence-corrected chi connectivity index (χ1v) is 5.74. The van der Waals surface area contributed by atoms with Crippen LogP contribution in [0.3, 0.4) is 0 Å². The zero-order chi connectivity index (χ0) is 11.4. The van der Waals surface area contributed by atoms with Gasteiger partial charge in [-0.1, -0.05) is 35.0 Å². The molecule has 0 spiro atoms. The highest BCUT2D eigenvalue weighted by Crippen LogP contribution is 2.15. The van der Waals surface area contributed by atoms with Crippen molar-refractivity contribution in [2.45, 2.75) is 6.92 Å². The van der Waals surface area contributed by atoms with E-state index in [9.17, 15) is 4.79 Å². The third kappa shape index (κ3) is 3.76. The van der Waals surface area contributed by atoms with E-state index in [0.717, 1.165) is 16.6 Å². The van der Waals surface area contributed by atoms with Gasteiger partial charge in [-0.15, -0.1) is 0 Å². The molecule has 15 heavy (non-hydrogen) atoms. The lowest BCUT2D eigenvalue weighted by Gasteiger charge is -2.15. The summed E-state index contributed by atoms with van der Waals surface area (Å²) in [5.74, 6) is 0.235. The van der Waals surface area contributed by atoms with Crippen molar-refractivity contribution < 1.29 is 4.79 Å². The number of Topliss-reactive ketones (excluding diaryl/α,β-unsaturated/α-hetero) is 1. The minimum absolute atomic E-state index is 0.0364. The van der Waals surface area contributed by atoms with Gasteiger partial charge >= 0.3 is 0 Å². The summed E-state index contributed by atoms with van der Waals surface area (Å²) in [6.45, 7) is 2.74. The van der Waals surface area contributed by atoms with Crippen LogP contribution in [0.4, 0.5) is 0 Å². The van der Waals surface area contributed by atoms with Crippen LogP contribution in [0.1, 0.15) is 17.3 Å². The molecule has 0 amide bonds. The van der Waals surface area contributed by atoms with Crippen LogP contribution in [-0.2, 0) is 0 Å². The minimum Gasteiger partial charge on any atom is -0.309 e. The predicted octanol–water partition coefficient (Wildman–Crippen LogP) is 2.83. The van der Waals surface area contributed by atoms with Gasteiger partial charge in [-0.05, 0) is 26.2 Å². The second kappa shape index (κ2) is 5.42. The molecule has 1 rings (SSSR count). The average molecular weight is 270 g/mol. The number of benzene rings is 1. The fourth-order valence-corrected chi connectivity index (χ4v) is 1.96. The molecule has 1 aromatic carbocycles. The van der Waals surface area contributed by atoms with Crippen molar-refractivity contribution in [1.82, 2.24) is 4.90 Å². The van der Waals surface area contributed by atoms with Crippen LogP contribution in [0, 0.1) is 5.92 Å². The number of hydrogen-bond donors (Lipinski definition) is 0. The van der Waals surface area contributed by atoms with Crippen LogP contribution >= 0.6 is 15.9 Å². The molecule has 0 saturated heterocycles. The largest absolute Gasteiger partial charge is 0.309 e. The number of carbonyl (C=O) groups excluding carboxylic acids is 1. The Morgan fingerprint density at radius 3 is 2.67 bits per heavy atom. The van der Waals surface area contributed by atoms with E-state index in [4.69, 9.17) is 0 Å². The van der Waals surface area contributed by atoms with Gasteiger partial charge in [0.2, 0.25) is 0 Å². The molecule has 82 valence electrons. The molecule has 0 aromatic heterocycles. The average Bonchev–Trinajstić information content (AvgIpc) is 2.15. The Morgan fingerprint density at radius 2 is 2.13 bits per heavy atom. The van der Waals surface area contributed by atoms with Crippen LogP contribution in [-0.4, -0.2) is 31.3 Å². The molecule has 0 N–H and O–H groups in total.